The van der Waals surface area contributed by atoms with Gasteiger partial charge in [-0.2, -0.15) is 0 Å². The summed E-state index contributed by atoms with van der Waals surface area (Å²) < 4.78 is 5.70. The molecule has 0 spiro atoms. The van der Waals surface area contributed by atoms with Crippen LogP contribution in [0.5, 0.6) is 0 Å². The molecule has 3 rings (SSSR count). The van der Waals surface area contributed by atoms with Crippen LogP contribution >= 0.6 is 11.8 Å². The molecule has 1 unspecified atom stereocenters. The van der Waals surface area contributed by atoms with Gasteiger partial charge in [0.1, 0.15) is 5.82 Å². The van der Waals surface area contributed by atoms with Gasteiger partial charge in [-0.15, -0.1) is 15.3 Å². The van der Waals surface area contributed by atoms with Gasteiger partial charge in [0, 0.05) is 5.56 Å². The summed E-state index contributed by atoms with van der Waals surface area (Å²) in [4.78, 5) is 4.25. The monoisotopic (exact) mass is 287 g/mol. The van der Waals surface area contributed by atoms with Crippen molar-refractivity contribution in [3.05, 3.63) is 42.0 Å². The van der Waals surface area contributed by atoms with E-state index in [9.17, 15) is 0 Å². The van der Waals surface area contributed by atoms with Crippen LogP contribution in [0.4, 0.5) is 0 Å². The molecule has 20 heavy (non-hydrogen) atoms. The van der Waals surface area contributed by atoms with Gasteiger partial charge in [-0.25, -0.2) is 4.98 Å². The Bertz CT molecular complexity index is 694. The van der Waals surface area contributed by atoms with Crippen molar-refractivity contribution in [1.82, 2.24) is 25.4 Å². The molecule has 0 bridgehead atoms. The Labute approximate surface area is 120 Å². The number of nitrogens with zero attached hydrogens (tertiary/aromatic N) is 4. The highest BCUT2D eigenvalue weighted by Crippen LogP contribution is 2.32. The number of nitrogens with one attached hydrogen (secondary N) is 1. The third-order valence-corrected chi connectivity index (χ3v) is 3.62. The maximum absolute atomic E-state index is 5.70. The minimum Gasteiger partial charge on any atom is -0.419 e. The smallest absolute Gasteiger partial charge is 0.247 e. The summed E-state index contributed by atoms with van der Waals surface area (Å²) in [7, 11) is 0. The summed E-state index contributed by atoms with van der Waals surface area (Å²) in [6, 6.07) is 9.70. The molecule has 1 N–H and O–H groups in total. The molecule has 2 heterocycles. The SMILES string of the molecule is Cc1nc(SC(C)c2nnc(-c3ccccc3)o2)n[nH]1. The first-order valence-electron chi connectivity index (χ1n) is 6.17. The van der Waals surface area contributed by atoms with Gasteiger partial charge in [-0.3, -0.25) is 5.10 Å². The largest absolute Gasteiger partial charge is 0.419 e. The number of aromatic amines is 1. The number of rotatable bonds is 4. The van der Waals surface area contributed by atoms with Crippen LogP contribution in [0.15, 0.2) is 39.9 Å². The summed E-state index contributed by atoms with van der Waals surface area (Å²) >= 11 is 1.48. The summed E-state index contributed by atoms with van der Waals surface area (Å²) in [5.74, 6) is 1.88. The van der Waals surface area contributed by atoms with E-state index < -0.39 is 0 Å². The van der Waals surface area contributed by atoms with E-state index in [1.165, 1.54) is 11.8 Å². The first kappa shape index (κ1) is 12.9. The van der Waals surface area contributed by atoms with Crippen LogP contribution in [-0.2, 0) is 0 Å². The maximum Gasteiger partial charge on any atom is 0.247 e. The molecule has 2 aromatic heterocycles. The van der Waals surface area contributed by atoms with Crippen molar-refractivity contribution >= 4 is 11.8 Å². The van der Waals surface area contributed by atoms with E-state index in [4.69, 9.17) is 4.42 Å². The maximum atomic E-state index is 5.70. The second-order valence-electron chi connectivity index (χ2n) is 4.27. The molecule has 0 aliphatic heterocycles. The number of benzene rings is 1. The van der Waals surface area contributed by atoms with Crippen LogP contribution < -0.4 is 0 Å². The molecular formula is C13H13N5OS. The van der Waals surface area contributed by atoms with Crippen LogP contribution in [0.3, 0.4) is 0 Å². The molecule has 0 saturated heterocycles. The minimum atomic E-state index is -0.00448. The van der Waals surface area contributed by atoms with Crippen molar-refractivity contribution in [3.8, 4) is 11.5 Å². The first-order valence-corrected chi connectivity index (χ1v) is 7.05. The van der Waals surface area contributed by atoms with Crippen molar-refractivity contribution in [2.75, 3.05) is 0 Å². The third kappa shape index (κ3) is 2.72. The van der Waals surface area contributed by atoms with Gasteiger partial charge in [0.25, 0.3) is 0 Å². The number of aromatic nitrogens is 5. The molecule has 0 aliphatic carbocycles. The molecule has 7 heteroatoms. The van der Waals surface area contributed by atoms with E-state index in [1.807, 2.05) is 44.2 Å². The standard InChI is InChI=1S/C13H13N5OS/c1-8(20-13-14-9(2)15-18-13)11-16-17-12(19-11)10-6-4-3-5-7-10/h3-8H,1-2H3,(H,14,15,18). The molecule has 0 fully saturated rings. The highest BCUT2D eigenvalue weighted by Gasteiger charge is 2.17. The van der Waals surface area contributed by atoms with Crippen LogP contribution in [0, 0.1) is 6.92 Å². The molecule has 0 aliphatic rings. The van der Waals surface area contributed by atoms with Gasteiger partial charge in [0.2, 0.25) is 16.9 Å². The third-order valence-electron chi connectivity index (χ3n) is 2.67. The molecular weight excluding hydrogens is 274 g/mol. The lowest BCUT2D eigenvalue weighted by atomic mass is 10.2. The quantitative estimate of drug-likeness (QED) is 0.743. The van der Waals surface area contributed by atoms with E-state index >= 15 is 0 Å². The molecule has 6 nitrogen and oxygen atoms in total. The average Bonchev–Trinajstić information content (AvgIpc) is 3.09. The Kier molecular flexibility index (Phi) is 3.51. The molecule has 102 valence electrons. The fourth-order valence-corrected chi connectivity index (χ4v) is 2.48. The van der Waals surface area contributed by atoms with E-state index in [0.29, 0.717) is 16.9 Å². The van der Waals surface area contributed by atoms with E-state index in [1.54, 1.807) is 0 Å². The summed E-state index contributed by atoms with van der Waals surface area (Å²) in [5.41, 5.74) is 0.914. The average molecular weight is 287 g/mol. The topological polar surface area (TPSA) is 80.5 Å². The van der Waals surface area contributed by atoms with Crippen molar-refractivity contribution < 1.29 is 4.42 Å². The highest BCUT2D eigenvalue weighted by atomic mass is 32.2. The Balaban J connectivity index is 1.76. The van der Waals surface area contributed by atoms with Crippen LogP contribution in [-0.4, -0.2) is 25.4 Å². The van der Waals surface area contributed by atoms with Crippen molar-refractivity contribution in [2.45, 2.75) is 24.3 Å². The Morgan fingerprint density at radius 3 is 2.70 bits per heavy atom. The van der Waals surface area contributed by atoms with Gasteiger partial charge in [0.15, 0.2) is 0 Å². The zero-order valence-electron chi connectivity index (χ0n) is 11.1. The second-order valence-corrected chi connectivity index (χ2v) is 5.58. The van der Waals surface area contributed by atoms with Gasteiger partial charge < -0.3 is 4.42 Å². The molecule has 1 atom stereocenters. The predicted octanol–water partition coefficient (Wildman–Crippen LogP) is 3.02. The lowest BCUT2D eigenvalue weighted by molar-refractivity contribution is 0.509. The highest BCUT2D eigenvalue weighted by molar-refractivity contribution is 7.99. The van der Waals surface area contributed by atoms with Crippen molar-refractivity contribution in [1.29, 1.82) is 0 Å². The summed E-state index contributed by atoms with van der Waals surface area (Å²) in [6.45, 7) is 3.85. The molecule has 0 saturated carbocycles. The van der Waals surface area contributed by atoms with Gasteiger partial charge >= 0.3 is 0 Å². The zero-order chi connectivity index (χ0) is 13.9. The first-order chi connectivity index (χ1) is 9.72. The van der Waals surface area contributed by atoms with E-state index in [2.05, 4.69) is 25.4 Å². The second kappa shape index (κ2) is 5.46. The normalized spacial score (nSPS) is 12.5. The summed E-state index contributed by atoms with van der Waals surface area (Å²) in [5, 5.41) is 15.7. The fourth-order valence-electron chi connectivity index (χ4n) is 1.68. The van der Waals surface area contributed by atoms with Crippen LogP contribution in [0.2, 0.25) is 0 Å². The predicted molar refractivity (Wildman–Crippen MR) is 75.1 cm³/mol. The number of aryl methyl sites for hydroxylation is 1. The van der Waals surface area contributed by atoms with Gasteiger partial charge in [-0.1, -0.05) is 30.0 Å². The summed E-state index contributed by atoms with van der Waals surface area (Å²) in [6.07, 6.45) is 0. The number of hydrogen-bond acceptors (Lipinski definition) is 6. The van der Waals surface area contributed by atoms with Crippen LogP contribution in [0.25, 0.3) is 11.5 Å². The lowest BCUT2D eigenvalue weighted by Gasteiger charge is -2.01. The molecule has 0 amide bonds. The van der Waals surface area contributed by atoms with Crippen LogP contribution in [0.1, 0.15) is 23.9 Å². The van der Waals surface area contributed by atoms with E-state index in [0.717, 1.165) is 11.4 Å². The Hall–Kier alpha value is -2.15. The molecule has 1 aromatic carbocycles. The number of thioether (sulfide) groups is 1. The number of hydrogen-bond donors (Lipinski definition) is 1. The van der Waals surface area contributed by atoms with E-state index in [-0.39, 0.29) is 5.25 Å². The zero-order valence-corrected chi connectivity index (χ0v) is 11.9. The van der Waals surface area contributed by atoms with Crippen molar-refractivity contribution in [2.24, 2.45) is 0 Å². The fraction of sp³-hybridized carbons (Fsp3) is 0.231. The lowest BCUT2D eigenvalue weighted by Crippen LogP contribution is -1.89. The molecule has 3 aromatic rings. The van der Waals surface area contributed by atoms with Gasteiger partial charge in [0.05, 0.1) is 5.25 Å². The van der Waals surface area contributed by atoms with Crippen molar-refractivity contribution in [3.63, 3.8) is 0 Å². The van der Waals surface area contributed by atoms with Gasteiger partial charge in [-0.05, 0) is 26.0 Å². The Morgan fingerprint density at radius 2 is 2.00 bits per heavy atom. The Morgan fingerprint density at radius 1 is 1.20 bits per heavy atom. The minimum absolute atomic E-state index is 0.00448. The number of H-pyrrole nitrogens is 1. The molecule has 0 radical (unpaired) electrons.